The van der Waals surface area contributed by atoms with Gasteiger partial charge in [-0.25, -0.2) is 8.42 Å². The first kappa shape index (κ1) is 19.7. The van der Waals surface area contributed by atoms with Gasteiger partial charge >= 0.3 is 0 Å². The smallest absolute Gasteiger partial charge is 0.246 e. The first-order valence-electron chi connectivity index (χ1n) is 9.06. The molecular formula is C18H28N2O4S. The Kier molecular flexibility index (Phi) is 7.25. The molecule has 2 rings (SSSR count). The molecule has 0 bridgehead atoms. The van der Waals surface area contributed by atoms with Gasteiger partial charge in [-0.1, -0.05) is 19.8 Å². The molecule has 1 N–H and O–H groups in total. The SMILES string of the molecule is CCCCC(=O)Nc1ccc(OCC)c(S(=O)(=O)N2CCCCC2)c1. The summed E-state index contributed by atoms with van der Waals surface area (Å²) in [7, 11) is -3.63. The summed E-state index contributed by atoms with van der Waals surface area (Å²) < 4.78 is 33.1. The number of amides is 1. The molecule has 6 nitrogen and oxygen atoms in total. The lowest BCUT2D eigenvalue weighted by molar-refractivity contribution is -0.116. The lowest BCUT2D eigenvalue weighted by Crippen LogP contribution is -2.35. The maximum atomic E-state index is 13.0. The van der Waals surface area contributed by atoms with E-state index in [9.17, 15) is 13.2 Å². The van der Waals surface area contributed by atoms with E-state index in [-0.39, 0.29) is 10.8 Å². The number of piperidine rings is 1. The van der Waals surface area contributed by atoms with Gasteiger partial charge in [0.15, 0.2) is 0 Å². The van der Waals surface area contributed by atoms with Gasteiger partial charge in [0.05, 0.1) is 6.61 Å². The van der Waals surface area contributed by atoms with Gasteiger partial charge in [-0.2, -0.15) is 4.31 Å². The highest BCUT2D eigenvalue weighted by Crippen LogP contribution is 2.31. The van der Waals surface area contributed by atoms with Gasteiger partial charge in [0.25, 0.3) is 0 Å². The highest BCUT2D eigenvalue weighted by molar-refractivity contribution is 7.89. The van der Waals surface area contributed by atoms with Crippen molar-refractivity contribution in [2.75, 3.05) is 25.0 Å². The van der Waals surface area contributed by atoms with Crippen molar-refractivity contribution in [3.8, 4) is 5.75 Å². The van der Waals surface area contributed by atoms with Crippen molar-refractivity contribution >= 4 is 21.6 Å². The van der Waals surface area contributed by atoms with Gasteiger partial charge in [0.1, 0.15) is 10.6 Å². The zero-order chi connectivity index (χ0) is 18.3. The second kappa shape index (κ2) is 9.20. The van der Waals surface area contributed by atoms with E-state index in [4.69, 9.17) is 4.74 Å². The van der Waals surface area contributed by atoms with Crippen LogP contribution >= 0.6 is 0 Å². The van der Waals surface area contributed by atoms with E-state index < -0.39 is 10.0 Å². The predicted molar refractivity (Wildman–Crippen MR) is 98.4 cm³/mol. The number of ether oxygens (including phenoxy) is 1. The Balaban J connectivity index is 2.29. The van der Waals surface area contributed by atoms with Crippen LogP contribution in [0.5, 0.6) is 5.75 Å². The molecule has 0 aliphatic carbocycles. The molecule has 1 aliphatic heterocycles. The standard InChI is InChI=1S/C18H28N2O4S/c1-3-5-9-18(21)19-15-10-11-16(24-4-2)17(14-15)25(22,23)20-12-7-6-8-13-20/h10-11,14H,3-9,12-13H2,1-2H3,(H,19,21). The molecular weight excluding hydrogens is 340 g/mol. The van der Waals surface area contributed by atoms with E-state index in [1.165, 1.54) is 10.4 Å². The van der Waals surface area contributed by atoms with Gasteiger partial charge in [0, 0.05) is 25.2 Å². The lowest BCUT2D eigenvalue weighted by atomic mass is 10.2. The number of hydrogen-bond donors (Lipinski definition) is 1. The van der Waals surface area contributed by atoms with Crippen LogP contribution in [0.3, 0.4) is 0 Å². The number of carbonyl (C=O) groups is 1. The number of nitrogens with one attached hydrogen (secondary N) is 1. The summed E-state index contributed by atoms with van der Waals surface area (Å²) in [6.07, 6.45) is 4.97. The van der Waals surface area contributed by atoms with Crippen LogP contribution in [-0.4, -0.2) is 38.3 Å². The van der Waals surface area contributed by atoms with Gasteiger partial charge in [-0.15, -0.1) is 0 Å². The summed E-state index contributed by atoms with van der Waals surface area (Å²) in [5, 5.41) is 2.78. The molecule has 1 saturated heterocycles. The molecule has 0 atom stereocenters. The number of sulfonamides is 1. The quantitative estimate of drug-likeness (QED) is 0.763. The summed E-state index contributed by atoms with van der Waals surface area (Å²) in [6, 6.07) is 4.82. The van der Waals surface area contributed by atoms with Crippen molar-refractivity contribution in [3.05, 3.63) is 18.2 Å². The van der Waals surface area contributed by atoms with Gasteiger partial charge in [-0.3, -0.25) is 4.79 Å². The first-order valence-corrected chi connectivity index (χ1v) is 10.5. The minimum atomic E-state index is -3.63. The van der Waals surface area contributed by atoms with E-state index in [2.05, 4.69) is 5.32 Å². The normalized spacial score (nSPS) is 15.8. The van der Waals surface area contributed by atoms with Crippen molar-refractivity contribution in [2.45, 2.75) is 57.3 Å². The minimum absolute atomic E-state index is 0.104. The fourth-order valence-corrected chi connectivity index (χ4v) is 4.54. The van der Waals surface area contributed by atoms with Gasteiger partial charge in [0.2, 0.25) is 15.9 Å². The number of rotatable bonds is 8. The van der Waals surface area contributed by atoms with Crippen LogP contribution in [0, 0.1) is 0 Å². The van der Waals surface area contributed by atoms with Crippen molar-refractivity contribution in [1.82, 2.24) is 4.31 Å². The molecule has 0 aromatic heterocycles. The molecule has 1 amide bonds. The zero-order valence-electron chi connectivity index (χ0n) is 15.1. The highest BCUT2D eigenvalue weighted by Gasteiger charge is 2.29. The topological polar surface area (TPSA) is 75.7 Å². The Morgan fingerprint density at radius 2 is 1.92 bits per heavy atom. The third-order valence-electron chi connectivity index (χ3n) is 4.22. The first-order chi connectivity index (χ1) is 12.0. The van der Waals surface area contributed by atoms with Crippen molar-refractivity contribution in [1.29, 1.82) is 0 Å². The predicted octanol–water partition coefficient (Wildman–Crippen LogP) is 3.39. The van der Waals surface area contributed by atoms with E-state index in [0.717, 1.165) is 32.1 Å². The summed E-state index contributed by atoms with van der Waals surface area (Å²) in [6.45, 7) is 5.28. The summed E-state index contributed by atoms with van der Waals surface area (Å²) in [5.74, 6) is 0.229. The van der Waals surface area contributed by atoms with Crippen LogP contribution in [0.25, 0.3) is 0 Å². The third-order valence-corrected chi connectivity index (χ3v) is 6.14. The van der Waals surface area contributed by atoms with Crippen LogP contribution in [0.4, 0.5) is 5.69 Å². The molecule has 1 heterocycles. The Labute approximate surface area is 150 Å². The summed E-state index contributed by atoms with van der Waals surface area (Å²) in [5.41, 5.74) is 0.486. The number of anilines is 1. The molecule has 1 aromatic rings. The third kappa shape index (κ3) is 5.19. The number of hydrogen-bond acceptors (Lipinski definition) is 4. The zero-order valence-corrected chi connectivity index (χ0v) is 15.9. The van der Waals surface area contributed by atoms with Crippen molar-refractivity contribution in [2.24, 2.45) is 0 Å². The molecule has 1 aliphatic rings. The number of benzene rings is 1. The molecule has 0 radical (unpaired) electrons. The van der Waals surface area contributed by atoms with Crippen LogP contribution in [-0.2, 0) is 14.8 Å². The van der Waals surface area contributed by atoms with Crippen LogP contribution in [0.2, 0.25) is 0 Å². The molecule has 1 fully saturated rings. The molecule has 7 heteroatoms. The number of nitrogens with zero attached hydrogens (tertiary/aromatic N) is 1. The van der Waals surface area contributed by atoms with Crippen LogP contribution < -0.4 is 10.1 Å². The Morgan fingerprint density at radius 3 is 2.56 bits per heavy atom. The maximum absolute atomic E-state index is 13.0. The van der Waals surface area contributed by atoms with Crippen LogP contribution in [0.15, 0.2) is 23.1 Å². The second-order valence-corrected chi connectivity index (χ2v) is 8.12. The fraction of sp³-hybridized carbons (Fsp3) is 0.611. The summed E-state index contributed by atoms with van der Waals surface area (Å²) >= 11 is 0. The van der Waals surface area contributed by atoms with E-state index in [1.54, 1.807) is 12.1 Å². The lowest BCUT2D eigenvalue weighted by Gasteiger charge is -2.27. The van der Waals surface area contributed by atoms with E-state index in [1.807, 2.05) is 13.8 Å². The second-order valence-electron chi connectivity index (χ2n) is 6.21. The molecule has 0 spiro atoms. The van der Waals surface area contributed by atoms with E-state index >= 15 is 0 Å². The number of carbonyl (C=O) groups excluding carboxylic acids is 1. The molecule has 25 heavy (non-hydrogen) atoms. The highest BCUT2D eigenvalue weighted by atomic mass is 32.2. The van der Waals surface area contributed by atoms with Gasteiger partial charge < -0.3 is 10.1 Å². The Hall–Kier alpha value is -1.60. The van der Waals surface area contributed by atoms with E-state index in [0.29, 0.717) is 37.6 Å². The monoisotopic (exact) mass is 368 g/mol. The van der Waals surface area contributed by atoms with Crippen LogP contribution in [0.1, 0.15) is 52.4 Å². The average Bonchev–Trinajstić information content (AvgIpc) is 2.62. The largest absolute Gasteiger partial charge is 0.492 e. The summed E-state index contributed by atoms with van der Waals surface area (Å²) in [4.78, 5) is 12.1. The van der Waals surface area contributed by atoms with Gasteiger partial charge in [-0.05, 0) is 44.4 Å². The van der Waals surface area contributed by atoms with Crippen molar-refractivity contribution < 1.29 is 17.9 Å². The molecule has 1 aromatic carbocycles. The fourth-order valence-electron chi connectivity index (χ4n) is 2.87. The average molecular weight is 368 g/mol. The number of unbranched alkanes of at least 4 members (excludes halogenated alkanes) is 1. The molecule has 0 saturated carbocycles. The maximum Gasteiger partial charge on any atom is 0.246 e. The molecule has 0 unspecified atom stereocenters. The minimum Gasteiger partial charge on any atom is -0.492 e. The molecule has 140 valence electrons. The Morgan fingerprint density at radius 1 is 1.20 bits per heavy atom. The van der Waals surface area contributed by atoms with Crippen molar-refractivity contribution in [3.63, 3.8) is 0 Å². The Bertz CT molecular complexity index is 682.